The first-order valence-electron chi connectivity index (χ1n) is 6.81. The molecule has 18 heavy (non-hydrogen) atoms. The van der Waals surface area contributed by atoms with Crippen LogP contribution in [0.2, 0.25) is 0 Å². The maximum atomic E-state index is 12.6. The van der Waals surface area contributed by atoms with E-state index in [1.54, 1.807) is 4.90 Å². The van der Waals surface area contributed by atoms with Crippen LogP contribution >= 0.6 is 0 Å². The third kappa shape index (κ3) is 5.57. The van der Waals surface area contributed by atoms with Crippen LogP contribution in [-0.2, 0) is 0 Å². The fourth-order valence-corrected chi connectivity index (χ4v) is 2.19. The predicted molar refractivity (Wildman–Crippen MR) is 67.6 cm³/mol. The summed E-state index contributed by atoms with van der Waals surface area (Å²) in [6.07, 6.45) is -1.37. The summed E-state index contributed by atoms with van der Waals surface area (Å²) in [6, 6.07) is 0.152. The average Bonchev–Trinajstić information content (AvgIpc) is 3.07. The number of nitrogens with one attached hydrogen (secondary N) is 1. The van der Waals surface area contributed by atoms with Gasteiger partial charge in [-0.15, -0.1) is 0 Å². The molecule has 0 amide bonds. The lowest BCUT2D eigenvalue weighted by Crippen LogP contribution is -2.46. The number of alkyl halides is 3. The maximum Gasteiger partial charge on any atom is 0.401 e. The molecule has 1 N–H and O–H groups in total. The van der Waals surface area contributed by atoms with E-state index in [0.717, 1.165) is 32.4 Å². The molecule has 1 unspecified atom stereocenters. The molecule has 2 nitrogen and oxygen atoms in total. The fraction of sp³-hybridized carbons (Fsp3) is 1.00. The predicted octanol–water partition coefficient (Wildman–Crippen LogP) is 3.04. The Morgan fingerprint density at radius 3 is 2.17 bits per heavy atom. The highest BCUT2D eigenvalue weighted by atomic mass is 19.4. The second kappa shape index (κ2) is 6.24. The van der Waals surface area contributed by atoms with Crippen molar-refractivity contribution in [2.24, 2.45) is 5.41 Å². The minimum absolute atomic E-state index is 0.0795. The third-order valence-corrected chi connectivity index (χ3v) is 3.69. The van der Waals surface area contributed by atoms with Gasteiger partial charge in [0, 0.05) is 19.1 Å². The van der Waals surface area contributed by atoms with Gasteiger partial charge in [-0.25, -0.2) is 0 Å². The van der Waals surface area contributed by atoms with E-state index in [4.69, 9.17) is 0 Å². The number of nitrogens with zero attached hydrogens (tertiary/aromatic N) is 1. The van der Waals surface area contributed by atoms with Crippen LogP contribution in [0.1, 0.15) is 40.0 Å². The number of halogens is 3. The van der Waals surface area contributed by atoms with Gasteiger partial charge in [0.2, 0.25) is 0 Å². The Morgan fingerprint density at radius 1 is 1.17 bits per heavy atom. The lowest BCUT2D eigenvalue weighted by Gasteiger charge is -2.35. The van der Waals surface area contributed by atoms with Crippen molar-refractivity contribution in [1.82, 2.24) is 10.2 Å². The highest BCUT2D eigenvalue weighted by molar-refractivity contribution is 4.90. The summed E-state index contributed by atoms with van der Waals surface area (Å²) in [6.45, 7) is 7.54. The van der Waals surface area contributed by atoms with Gasteiger partial charge in [-0.2, -0.15) is 13.2 Å². The van der Waals surface area contributed by atoms with Crippen LogP contribution < -0.4 is 5.32 Å². The van der Waals surface area contributed by atoms with Crippen molar-refractivity contribution in [2.75, 3.05) is 26.2 Å². The molecule has 0 saturated heterocycles. The smallest absolute Gasteiger partial charge is 0.316 e. The van der Waals surface area contributed by atoms with Gasteiger partial charge in [-0.1, -0.05) is 20.8 Å². The molecule has 1 aliphatic carbocycles. The van der Waals surface area contributed by atoms with Crippen LogP contribution in [-0.4, -0.2) is 43.3 Å². The minimum Gasteiger partial charge on any atom is -0.316 e. The monoisotopic (exact) mass is 266 g/mol. The zero-order valence-corrected chi connectivity index (χ0v) is 11.6. The fourth-order valence-electron chi connectivity index (χ4n) is 2.19. The van der Waals surface area contributed by atoms with Crippen molar-refractivity contribution < 1.29 is 13.2 Å². The van der Waals surface area contributed by atoms with Gasteiger partial charge in [-0.05, 0) is 31.2 Å². The van der Waals surface area contributed by atoms with Crippen molar-refractivity contribution in [3.8, 4) is 0 Å². The van der Waals surface area contributed by atoms with Gasteiger partial charge in [0.25, 0.3) is 0 Å². The topological polar surface area (TPSA) is 15.3 Å². The van der Waals surface area contributed by atoms with Crippen LogP contribution in [0.5, 0.6) is 0 Å². The molecule has 0 spiro atoms. The Morgan fingerprint density at radius 2 is 1.78 bits per heavy atom. The van der Waals surface area contributed by atoms with E-state index in [-0.39, 0.29) is 11.5 Å². The van der Waals surface area contributed by atoms with E-state index in [1.807, 2.05) is 6.92 Å². The maximum absolute atomic E-state index is 12.6. The SMILES string of the molecule is CCNCC(C)(CC)CN(CC(F)(F)F)C1CC1. The second-order valence-corrected chi connectivity index (χ2v) is 5.70. The first-order valence-corrected chi connectivity index (χ1v) is 6.81. The molecule has 1 atom stereocenters. The van der Waals surface area contributed by atoms with Gasteiger partial charge >= 0.3 is 6.18 Å². The van der Waals surface area contributed by atoms with Crippen molar-refractivity contribution >= 4 is 0 Å². The normalized spacial score (nSPS) is 20.2. The van der Waals surface area contributed by atoms with Crippen molar-refractivity contribution in [3.05, 3.63) is 0 Å². The Labute approximate surface area is 108 Å². The summed E-state index contributed by atoms with van der Waals surface area (Å²) in [5, 5.41) is 3.26. The van der Waals surface area contributed by atoms with Crippen LogP contribution in [0.4, 0.5) is 13.2 Å². The van der Waals surface area contributed by atoms with Crippen molar-refractivity contribution in [3.63, 3.8) is 0 Å². The molecule has 0 radical (unpaired) electrons. The number of hydrogen-bond donors (Lipinski definition) is 1. The van der Waals surface area contributed by atoms with Crippen LogP contribution in [0.25, 0.3) is 0 Å². The molecule has 0 heterocycles. The number of hydrogen-bond acceptors (Lipinski definition) is 2. The molecule has 1 saturated carbocycles. The molecule has 0 aromatic carbocycles. The largest absolute Gasteiger partial charge is 0.401 e. The molecule has 1 rings (SSSR count). The van der Waals surface area contributed by atoms with Gasteiger partial charge < -0.3 is 5.32 Å². The molecule has 108 valence electrons. The minimum atomic E-state index is -4.09. The first-order chi connectivity index (χ1) is 8.29. The van der Waals surface area contributed by atoms with Crippen LogP contribution in [0.3, 0.4) is 0 Å². The summed E-state index contributed by atoms with van der Waals surface area (Å²) in [5.74, 6) is 0. The number of rotatable bonds is 8. The molecule has 5 heteroatoms. The van der Waals surface area contributed by atoms with E-state index in [2.05, 4.69) is 19.2 Å². The Balaban J connectivity index is 2.57. The van der Waals surface area contributed by atoms with E-state index >= 15 is 0 Å². The van der Waals surface area contributed by atoms with Gasteiger partial charge in [0.15, 0.2) is 0 Å². The van der Waals surface area contributed by atoms with Gasteiger partial charge in [-0.3, -0.25) is 4.90 Å². The molecule has 0 aliphatic heterocycles. The summed E-state index contributed by atoms with van der Waals surface area (Å²) in [5.41, 5.74) is -0.0795. The molecule has 0 aromatic rings. The Hall–Kier alpha value is -0.290. The third-order valence-electron chi connectivity index (χ3n) is 3.69. The standard InChI is InChI=1S/C13H25F3N2/c1-4-12(3,8-17-5-2)9-18(11-6-7-11)10-13(14,15)16/h11,17H,4-10H2,1-3H3. The Kier molecular flexibility index (Phi) is 5.46. The van der Waals surface area contributed by atoms with E-state index in [1.165, 1.54) is 0 Å². The molecular weight excluding hydrogens is 241 g/mol. The zero-order valence-electron chi connectivity index (χ0n) is 11.6. The van der Waals surface area contributed by atoms with Crippen molar-refractivity contribution in [2.45, 2.75) is 52.3 Å². The van der Waals surface area contributed by atoms with Crippen LogP contribution in [0, 0.1) is 5.41 Å². The molecule has 1 aliphatic rings. The summed E-state index contributed by atoms with van der Waals surface area (Å²) in [4.78, 5) is 1.63. The molecular formula is C13H25F3N2. The quantitative estimate of drug-likeness (QED) is 0.726. The zero-order chi connectivity index (χ0) is 13.8. The first kappa shape index (κ1) is 15.8. The molecule has 1 fully saturated rings. The summed E-state index contributed by atoms with van der Waals surface area (Å²) in [7, 11) is 0. The highest BCUT2D eigenvalue weighted by Crippen LogP contribution is 2.33. The average molecular weight is 266 g/mol. The van der Waals surface area contributed by atoms with Crippen molar-refractivity contribution in [1.29, 1.82) is 0 Å². The van der Waals surface area contributed by atoms with Gasteiger partial charge in [0.05, 0.1) is 6.54 Å². The van der Waals surface area contributed by atoms with Crippen LogP contribution in [0.15, 0.2) is 0 Å². The highest BCUT2D eigenvalue weighted by Gasteiger charge is 2.40. The van der Waals surface area contributed by atoms with Gasteiger partial charge in [0.1, 0.15) is 0 Å². The molecule has 0 bridgehead atoms. The summed E-state index contributed by atoms with van der Waals surface area (Å²) >= 11 is 0. The lowest BCUT2D eigenvalue weighted by molar-refractivity contribution is -0.150. The lowest BCUT2D eigenvalue weighted by atomic mass is 9.86. The van der Waals surface area contributed by atoms with E-state index in [9.17, 15) is 13.2 Å². The Bertz CT molecular complexity index is 251. The van der Waals surface area contributed by atoms with E-state index < -0.39 is 12.7 Å². The summed E-state index contributed by atoms with van der Waals surface area (Å²) < 4.78 is 37.7. The second-order valence-electron chi connectivity index (χ2n) is 5.70. The van der Waals surface area contributed by atoms with E-state index in [0.29, 0.717) is 6.54 Å². The molecule has 0 aromatic heterocycles.